The summed E-state index contributed by atoms with van der Waals surface area (Å²) in [5.74, 6) is -0.518. The molecule has 1 heterocycles. The third-order valence-electron chi connectivity index (χ3n) is 4.91. The van der Waals surface area contributed by atoms with Gasteiger partial charge in [-0.25, -0.2) is 14.5 Å². The molecule has 176 valence electrons. The standard InChI is InChI=1S/C26H32N2O5/c1-25(2,3)32-23(30)27(17-18-12-8-7-9-13-18)22(29)21-16-19-14-10-11-15-20(19)28(21)24(31)33-26(4,5)6/h7-15,21H,16-17H2,1-6H3/t21-/m0/s1. The van der Waals surface area contributed by atoms with E-state index in [1.807, 2.05) is 42.5 Å². The Kier molecular flexibility index (Phi) is 6.81. The van der Waals surface area contributed by atoms with Crippen molar-refractivity contribution in [2.24, 2.45) is 0 Å². The van der Waals surface area contributed by atoms with E-state index in [9.17, 15) is 14.4 Å². The van der Waals surface area contributed by atoms with Gasteiger partial charge in [0.15, 0.2) is 0 Å². The molecule has 2 aromatic carbocycles. The zero-order valence-electron chi connectivity index (χ0n) is 20.1. The first-order valence-corrected chi connectivity index (χ1v) is 11.0. The molecular weight excluding hydrogens is 420 g/mol. The third-order valence-corrected chi connectivity index (χ3v) is 4.91. The van der Waals surface area contributed by atoms with E-state index in [0.717, 1.165) is 16.0 Å². The normalized spacial score (nSPS) is 15.6. The maximum absolute atomic E-state index is 13.8. The fourth-order valence-corrected chi connectivity index (χ4v) is 3.62. The highest BCUT2D eigenvalue weighted by molar-refractivity contribution is 6.04. The van der Waals surface area contributed by atoms with E-state index < -0.39 is 35.3 Å². The molecule has 1 aliphatic rings. The molecule has 0 fully saturated rings. The molecular formula is C26H32N2O5. The van der Waals surface area contributed by atoms with E-state index in [-0.39, 0.29) is 13.0 Å². The van der Waals surface area contributed by atoms with Gasteiger partial charge in [-0.3, -0.25) is 9.69 Å². The molecule has 0 radical (unpaired) electrons. The van der Waals surface area contributed by atoms with Crippen LogP contribution >= 0.6 is 0 Å². The second kappa shape index (κ2) is 9.25. The van der Waals surface area contributed by atoms with Crippen molar-refractivity contribution in [1.29, 1.82) is 0 Å². The summed E-state index contributed by atoms with van der Waals surface area (Å²) < 4.78 is 11.1. The number of carbonyl (C=O) groups is 3. The van der Waals surface area contributed by atoms with Crippen molar-refractivity contribution < 1.29 is 23.9 Å². The summed E-state index contributed by atoms with van der Waals surface area (Å²) in [7, 11) is 0. The first kappa shape index (κ1) is 24.3. The van der Waals surface area contributed by atoms with Gasteiger partial charge in [0.2, 0.25) is 0 Å². The number of amides is 3. The van der Waals surface area contributed by atoms with Crippen molar-refractivity contribution in [2.45, 2.75) is 71.8 Å². The monoisotopic (exact) mass is 452 g/mol. The number of anilines is 1. The van der Waals surface area contributed by atoms with Crippen molar-refractivity contribution in [3.63, 3.8) is 0 Å². The van der Waals surface area contributed by atoms with Crippen molar-refractivity contribution in [3.05, 3.63) is 65.7 Å². The van der Waals surface area contributed by atoms with Gasteiger partial charge >= 0.3 is 12.2 Å². The Balaban J connectivity index is 1.97. The second-order valence-corrected chi connectivity index (χ2v) is 10.1. The molecule has 0 aromatic heterocycles. The van der Waals surface area contributed by atoms with Crippen molar-refractivity contribution in [3.8, 4) is 0 Å². The minimum atomic E-state index is -0.923. The van der Waals surface area contributed by atoms with Crippen LogP contribution in [0.15, 0.2) is 54.6 Å². The minimum absolute atomic E-state index is 0.0313. The summed E-state index contributed by atoms with van der Waals surface area (Å²) in [4.78, 5) is 42.5. The molecule has 1 atom stereocenters. The lowest BCUT2D eigenvalue weighted by Crippen LogP contribution is -2.53. The van der Waals surface area contributed by atoms with E-state index in [2.05, 4.69) is 0 Å². The van der Waals surface area contributed by atoms with Gasteiger partial charge in [-0.05, 0) is 58.7 Å². The fourth-order valence-electron chi connectivity index (χ4n) is 3.62. The topological polar surface area (TPSA) is 76.2 Å². The number of rotatable bonds is 3. The number of nitrogens with zero attached hydrogens (tertiary/aromatic N) is 2. The Morgan fingerprint density at radius 3 is 2.06 bits per heavy atom. The number of imide groups is 1. The molecule has 0 aliphatic carbocycles. The number of benzene rings is 2. The van der Waals surface area contributed by atoms with Gasteiger partial charge in [-0.1, -0.05) is 48.5 Å². The molecule has 0 bridgehead atoms. The Labute approximate surface area is 195 Å². The molecule has 7 heteroatoms. The smallest absolute Gasteiger partial charge is 0.417 e. The lowest BCUT2D eigenvalue weighted by Gasteiger charge is -2.32. The zero-order valence-corrected chi connectivity index (χ0v) is 20.1. The predicted octanol–water partition coefficient (Wildman–Crippen LogP) is 5.32. The predicted molar refractivity (Wildman–Crippen MR) is 126 cm³/mol. The summed E-state index contributed by atoms with van der Waals surface area (Å²) >= 11 is 0. The number of hydrogen-bond acceptors (Lipinski definition) is 5. The Hall–Kier alpha value is -3.35. The molecule has 1 aliphatic heterocycles. The lowest BCUT2D eigenvalue weighted by atomic mass is 10.1. The van der Waals surface area contributed by atoms with Crippen molar-refractivity contribution >= 4 is 23.8 Å². The molecule has 0 unspecified atom stereocenters. The van der Waals surface area contributed by atoms with E-state index in [1.54, 1.807) is 53.7 Å². The molecule has 0 saturated carbocycles. The van der Waals surface area contributed by atoms with Crippen molar-refractivity contribution in [1.82, 2.24) is 4.90 Å². The molecule has 0 saturated heterocycles. The first-order chi connectivity index (χ1) is 15.4. The molecule has 0 spiro atoms. The van der Waals surface area contributed by atoms with Gasteiger partial charge in [0.25, 0.3) is 5.91 Å². The number of ether oxygens (including phenoxy) is 2. The SMILES string of the molecule is CC(C)(C)OC(=O)N(Cc1ccccc1)C(=O)[C@@H]1Cc2ccccc2N1C(=O)OC(C)(C)C. The first-order valence-electron chi connectivity index (χ1n) is 11.0. The Bertz CT molecular complexity index is 1020. The number of carbonyl (C=O) groups excluding carboxylic acids is 3. The largest absolute Gasteiger partial charge is 0.443 e. The summed E-state index contributed by atoms with van der Waals surface area (Å²) in [6, 6.07) is 15.6. The van der Waals surface area contributed by atoms with Crippen molar-refractivity contribution in [2.75, 3.05) is 4.90 Å². The molecule has 33 heavy (non-hydrogen) atoms. The van der Waals surface area contributed by atoms with E-state index >= 15 is 0 Å². The van der Waals surface area contributed by atoms with Crippen LogP contribution in [0, 0.1) is 0 Å². The van der Waals surface area contributed by atoms with Crippen LogP contribution in [0.3, 0.4) is 0 Å². The zero-order chi connectivity index (χ0) is 24.4. The van der Waals surface area contributed by atoms with Gasteiger partial charge in [0.05, 0.1) is 12.2 Å². The van der Waals surface area contributed by atoms with Crippen LogP contribution in [-0.4, -0.2) is 40.2 Å². The van der Waals surface area contributed by atoms with Gasteiger partial charge < -0.3 is 9.47 Å². The van der Waals surface area contributed by atoms with Crippen LogP contribution in [0.4, 0.5) is 15.3 Å². The van der Waals surface area contributed by atoms with Crippen LogP contribution in [0.25, 0.3) is 0 Å². The molecule has 2 aromatic rings. The van der Waals surface area contributed by atoms with Gasteiger partial charge in [0.1, 0.15) is 17.2 Å². The number of fused-ring (bicyclic) bond motifs is 1. The van der Waals surface area contributed by atoms with Gasteiger partial charge in [-0.2, -0.15) is 0 Å². The van der Waals surface area contributed by atoms with Crippen LogP contribution < -0.4 is 4.90 Å². The highest BCUT2D eigenvalue weighted by Gasteiger charge is 2.44. The summed E-state index contributed by atoms with van der Waals surface area (Å²) in [5, 5.41) is 0. The number of hydrogen-bond donors (Lipinski definition) is 0. The fraction of sp³-hybridized carbons (Fsp3) is 0.423. The summed E-state index contributed by atoms with van der Waals surface area (Å²) in [5.41, 5.74) is 0.697. The highest BCUT2D eigenvalue weighted by atomic mass is 16.6. The number of para-hydroxylation sites is 1. The van der Waals surface area contributed by atoms with Crippen LogP contribution in [0.5, 0.6) is 0 Å². The summed E-state index contributed by atoms with van der Waals surface area (Å²) in [6.45, 7) is 10.6. The lowest BCUT2D eigenvalue weighted by molar-refractivity contribution is -0.132. The van der Waals surface area contributed by atoms with Crippen LogP contribution in [0.2, 0.25) is 0 Å². The van der Waals surface area contributed by atoms with E-state index in [0.29, 0.717) is 5.69 Å². The maximum atomic E-state index is 13.8. The van der Waals surface area contributed by atoms with Gasteiger partial charge in [-0.15, -0.1) is 0 Å². The molecule has 3 rings (SSSR count). The molecule has 7 nitrogen and oxygen atoms in total. The Morgan fingerprint density at radius 1 is 0.879 bits per heavy atom. The quantitative estimate of drug-likeness (QED) is 0.630. The average Bonchev–Trinajstić information content (AvgIpc) is 3.09. The van der Waals surface area contributed by atoms with Crippen LogP contribution in [0.1, 0.15) is 52.7 Å². The minimum Gasteiger partial charge on any atom is -0.443 e. The average molecular weight is 453 g/mol. The Morgan fingerprint density at radius 2 is 1.45 bits per heavy atom. The van der Waals surface area contributed by atoms with E-state index in [1.165, 1.54) is 4.90 Å². The highest BCUT2D eigenvalue weighted by Crippen LogP contribution is 2.34. The van der Waals surface area contributed by atoms with E-state index in [4.69, 9.17) is 9.47 Å². The third kappa shape index (κ3) is 6.12. The second-order valence-electron chi connectivity index (χ2n) is 10.1. The van der Waals surface area contributed by atoms with Crippen LogP contribution in [-0.2, 0) is 27.2 Å². The maximum Gasteiger partial charge on any atom is 0.417 e. The molecule has 3 amide bonds. The summed E-state index contributed by atoms with van der Waals surface area (Å²) in [6.07, 6.45) is -1.10. The van der Waals surface area contributed by atoms with Gasteiger partial charge in [0, 0.05) is 6.42 Å². The molecule has 0 N–H and O–H groups in total.